The summed E-state index contributed by atoms with van der Waals surface area (Å²) < 4.78 is 0. The quantitative estimate of drug-likeness (QED) is 0.722. The monoisotopic (exact) mass is 270 g/mol. The van der Waals surface area contributed by atoms with E-state index in [9.17, 15) is 20.1 Å². The first-order valence-corrected chi connectivity index (χ1v) is 6.23. The Balaban J connectivity index is 2.70. The van der Waals surface area contributed by atoms with Gasteiger partial charge in [0.1, 0.15) is 0 Å². The molecule has 0 aliphatic heterocycles. The number of phenolic OH excluding ortho intramolecular Hbond substituents is 2. The van der Waals surface area contributed by atoms with E-state index in [0.717, 1.165) is 12.8 Å². The summed E-state index contributed by atoms with van der Waals surface area (Å²) in [4.78, 5) is 11.6. The van der Waals surface area contributed by atoms with Crippen LogP contribution in [0.4, 0.5) is 0 Å². The molecule has 1 fully saturated rings. The van der Waals surface area contributed by atoms with E-state index in [1.807, 2.05) is 0 Å². The van der Waals surface area contributed by atoms with Gasteiger partial charge in [0.15, 0.2) is 11.5 Å². The number of aliphatic carboxylic acids is 1. The van der Waals surface area contributed by atoms with Crippen molar-refractivity contribution in [3.05, 3.63) is 22.2 Å². The third-order valence-corrected chi connectivity index (χ3v) is 4.13. The van der Waals surface area contributed by atoms with Crippen LogP contribution in [-0.2, 0) is 10.2 Å². The van der Waals surface area contributed by atoms with Crippen LogP contribution in [0.1, 0.15) is 36.8 Å². The van der Waals surface area contributed by atoms with E-state index in [4.69, 9.17) is 11.6 Å². The molecule has 3 N–H and O–H groups in total. The largest absolute Gasteiger partial charge is 0.504 e. The van der Waals surface area contributed by atoms with Crippen LogP contribution in [0.2, 0.25) is 5.02 Å². The summed E-state index contributed by atoms with van der Waals surface area (Å²) in [6, 6.07) is 1.36. The number of rotatable bonds is 2. The number of carboxylic acids is 1. The molecule has 2 rings (SSSR count). The van der Waals surface area contributed by atoms with Crippen LogP contribution in [0, 0.1) is 6.92 Å². The fourth-order valence-corrected chi connectivity index (χ4v) is 3.31. The summed E-state index contributed by atoms with van der Waals surface area (Å²) in [6.07, 6.45) is 2.66. The Hall–Kier alpha value is -1.42. The Morgan fingerprint density at radius 1 is 1.33 bits per heavy atom. The molecule has 18 heavy (non-hydrogen) atoms. The zero-order valence-corrected chi connectivity index (χ0v) is 10.8. The van der Waals surface area contributed by atoms with Crippen molar-refractivity contribution < 1.29 is 20.1 Å². The lowest BCUT2D eigenvalue weighted by Gasteiger charge is -2.27. The second-order valence-corrected chi connectivity index (χ2v) is 5.22. The van der Waals surface area contributed by atoms with Crippen LogP contribution >= 0.6 is 11.6 Å². The third kappa shape index (κ3) is 1.72. The van der Waals surface area contributed by atoms with Crippen molar-refractivity contribution in [1.82, 2.24) is 0 Å². The van der Waals surface area contributed by atoms with Crippen molar-refractivity contribution in [2.75, 3.05) is 0 Å². The van der Waals surface area contributed by atoms with E-state index in [-0.39, 0.29) is 10.8 Å². The predicted molar refractivity (Wildman–Crippen MR) is 67.3 cm³/mol. The summed E-state index contributed by atoms with van der Waals surface area (Å²) in [7, 11) is 0. The fourth-order valence-electron chi connectivity index (χ4n) is 2.89. The van der Waals surface area contributed by atoms with Gasteiger partial charge in [-0.2, -0.15) is 0 Å². The lowest BCUT2D eigenvalue weighted by molar-refractivity contribution is -0.143. The standard InChI is InChI=1S/C13H15ClO4/c1-7-6-8(15)11(16)10(14)9(7)13(12(17)18)4-2-3-5-13/h6,15-16H,2-5H2,1H3,(H,17,18). The maximum atomic E-state index is 11.6. The average molecular weight is 271 g/mol. The Morgan fingerprint density at radius 3 is 2.39 bits per heavy atom. The first kappa shape index (κ1) is 13.0. The Bertz CT molecular complexity index is 504. The second kappa shape index (κ2) is 4.35. The summed E-state index contributed by atoms with van der Waals surface area (Å²) in [5, 5.41) is 28.7. The highest BCUT2D eigenvalue weighted by molar-refractivity contribution is 6.33. The molecular formula is C13H15ClO4. The third-order valence-electron chi connectivity index (χ3n) is 3.76. The van der Waals surface area contributed by atoms with E-state index in [0.29, 0.717) is 24.0 Å². The molecule has 0 atom stereocenters. The number of hydrogen-bond acceptors (Lipinski definition) is 3. The molecule has 1 saturated carbocycles. The Morgan fingerprint density at radius 2 is 1.89 bits per heavy atom. The van der Waals surface area contributed by atoms with Gasteiger partial charge in [-0.3, -0.25) is 4.79 Å². The Labute approximate surface area is 110 Å². The van der Waals surface area contributed by atoms with Crippen molar-refractivity contribution in [3.8, 4) is 11.5 Å². The van der Waals surface area contributed by atoms with Crippen molar-refractivity contribution >= 4 is 17.6 Å². The molecule has 1 aliphatic rings. The number of hydrogen-bond donors (Lipinski definition) is 3. The van der Waals surface area contributed by atoms with Gasteiger partial charge in [0.05, 0.1) is 10.4 Å². The maximum Gasteiger partial charge on any atom is 0.314 e. The number of benzene rings is 1. The smallest absolute Gasteiger partial charge is 0.314 e. The van der Waals surface area contributed by atoms with E-state index in [1.54, 1.807) is 6.92 Å². The molecule has 98 valence electrons. The average Bonchev–Trinajstić information content (AvgIpc) is 2.76. The molecule has 0 aromatic heterocycles. The summed E-state index contributed by atoms with van der Waals surface area (Å²) in [5.74, 6) is -1.68. The maximum absolute atomic E-state index is 11.6. The van der Waals surface area contributed by atoms with Gasteiger partial charge in [-0.1, -0.05) is 24.4 Å². The van der Waals surface area contributed by atoms with Crippen LogP contribution in [0.5, 0.6) is 11.5 Å². The molecule has 0 bridgehead atoms. The summed E-state index contributed by atoms with van der Waals surface area (Å²) >= 11 is 6.04. The highest BCUT2D eigenvalue weighted by Gasteiger charge is 2.45. The predicted octanol–water partition coefficient (Wildman–Crippen LogP) is 2.96. The molecule has 0 unspecified atom stereocenters. The molecule has 0 saturated heterocycles. The lowest BCUT2D eigenvalue weighted by Crippen LogP contribution is -2.33. The van der Waals surface area contributed by atoms with Crippen LogP contribution < -0.4 is 0 Å². The first-order chi connectivity index (χ1) is 8.40. The summed E-state index contributed by atoms with van der Waals surface area (Å²) in [6.45, 7) is 1.70. The zero-order chi connectivity index (χ0) is 13.5. The van der Waals surface area contributed by atoms with Gasteiger partial charge in [0, 0.05) is 0 Å². The number of halogens is 1. The van der Waals surface area contributed by atoms with E-state index in [1.165, 1.54) is 6.07 Å². The van der Waals surface area contributed by atoms with E-state index in [2.05, 4.69) is 0 Å². The van der Waals surface area contributed by atoms with Crippen molar-refractivity contribution in [3.63, 3.8) is 0 Å². The van der Waals surface area contributed by atoms with Gasteiger partial charge in [-0.25, -0.2) is 0 Å². The zero-order valence-electron chi connectivity index (χ0n) is 10.0. The van der Waals surface area contributed by atoms with Crippen molar-refractivity contribution in [2.24, 2.45) is 0 Å². The number of carbonyl (C=O) groups is 1. The first-order valence-electron chi connectivity index (χ1n) is 5.85. The molecule has 0 amide bonds. The highest BCUT2D eigenvalue weighted by Crippen LogP contribution is 2.49. The van der Waals surface area contributed by atoms with E-state index >= 15 is 0 Å². The minimum Gasteiger partial charge on any atom is -0.504 e. The lowest BCUT2D eigenvalue weighted by atomic mass is 9.76. The van der Waals surface area contributed by atoms with Crippen LogP contribution in [-0.4, -0.2) is 21.3 Å². The Kier molecular flexibility index (Phi) is 3.15. The van der Waals surface area contributed by atoms with Gasteiger partial charge in [0.25, 0.3) is 0 Å². The molecule has 4 nitrogen and oxygen atoms in total. The number of phenols is 2. The van der Waals surface area contributed by atoms with Crippen LogP contribution in [0.15, 0.2) is 6.07 Å². The van der Waals surface area contributed by atoms with Crippen molar-refractivity contribution in [2.45, 2.75) is 38.0 Å². The minimum atomic E-state index is -1.04. The minimum absolute atomic E-state index is 0.0446. The van der Waals surface area contributed by atoms with Crippen molar-refractivity contribution in [1.29, 1.82) is 0 Å². The normalized spacial score (nSPS) is 17.9. The van der Waals surface area contributed by atoms with Gasteiger partial charge in [-0.15, -0.1) is 0 Å². The molecule has 1 aromatic rings. The number of carboxylic acid groups (broad SMARTS) is 1. The SMILES string of the molecule is Cc1cc(O)c(O)c(Cl)c1C1(C(=O)O)CCCC1. The topological polar surface area (TPSA) is 77.8 Å². The van der Waals surface area contributed by atoms with Gasteiger partial charge < -0.3 is 15.3 Å². The van der Waals surface area contributed by atoms with Crippen LogP contribution in [0.3, 0.4) is 0 Å². The molecule has 0 spiro atoms. The summed E-state index contributed by atoms with van der Waals surface area (Å²) in [5.41, 5.74) is -0.00383. The van der Waals surface area contributed by atoms with Gasteiger partial charge in [0.2, 0.25) is 0 Å². The molecular weight excluding hydrogens is 256 g/mol. The highest BCUT2D eigenvalue weighted by atomic mass is 35.5. The van der Waals surface area contributed by atoms with Gasteiger partial charge in [-0.05, 0) is 37.0 Å². The molecule has 5 heteroatoms. The second-order valence-electron chi connectivity index (χ2n) is 4.84. The number of aryl methyl sites for hydroxylation is 1. The fraction of sp³-hybridized carbons (Fsp3) is 0.462. The van der Waals surface area contributed by atoms with E-state index < -0.39 is 17.1 Å². The van der Waals surface area contributed by atoms with Crippen LogP contribution in [0.25, 0.3) is 0 Å². The van der Waals surface area contributed by atoms with Gasteiger partial charge >= 0.3 is 5.97 Å². The molecule has 1 aliphatic carbocycles. The molecule has 1 aromatic carbocycles. The molecule has 0 radical (unpaired) electrons. The molecule has 0 heterocycles. The number of aromatic hydroxyl groups is 2.